The first-order valence-electron chi connectivity index (χ1n) is 6.23. The van der Waals surface area contributed by atoms with Crippen molar-refractivity contribution in [3.8, 4) is 11.4 Å². The maximum atomic E-state index is 11.6. The van der Waals surface area contributed by atoms with Crippen LogP contribution in [-0.4, -0.2) is 27.6 Å². The lowest BCUT2D eigenvalue weighted by Gasteiger charge is -2.07. The van der Waals surface area contributed by atoms with Gasteiger partial charge in [-0.15, -0.1) is 0 Å². The average molecular weight is 267 g/mol. The van der Waals surface area contributed by atoms with Crippen molar-refractivity contribution in [2.75, 3.05) is 7.11 Å². The van der Waals surface area contributed by atoms with E-state index in [0.29, 0.717) is 11.5 Å². The number of carbonyl (C=O) groups is 1. The molecule has 0 aliphatic carbocycles. The van der Waals surface area contributed by atoms with Crippen molar-refractivity contribution in [2.24, 2.45) is 0 Å². The Morgan fingerprint density at radius 3 is 2.75 bits per heavy atom. The van der Waals surface area contributed by atoms with Gasteiger partial charge >= 0.3 is 5.97 Å². The highest BCUT2D eigenvalue weighted by atomic mass is 16.5. The van der Waals surface area contributed by atoms with Crippen LogP contribution in [-0.2, 0) is 16.1 Å². The Kier molecular flexibility index (Phi) is 3.16. The molecule has 5 heteroatoms. The zero-order valence-corrected chi connectivity index (χ0v) is 11.0. The van der Waals surface area contributed by atoms with Crippen molar-refractivity contribution in [3.63, 3.8) is 0 Å². The molecule has 2 aromatic heterocycles. The van der Waals surface area contributed by atoms with Gasteiger partial charge in [0, 0.05) is 11.8 Å². The number of esters is 1. The quantitative estimate of drug-likeness (QED) is 0.683. The number of benzene rings is 1. The fraction of sp³-hybridized carbons (Fsp3) is 0.133. The van der Waals surface area contributed by atoms with E-state index in [0.717, 1.165) is 11.1 Å². The van der Waals surface area contributed by atoms with Crippen LogP contribution in [0.3, 0.4) is 0 Å². The van der Waals surface area contributed by atoms with Crippen LogP contribution in [0.4, 0.5) is 0 Å². The van der Waals surface area contributed by atoms with E-state index >= 15 is 0 Å². The molecule has 3 rings (SSSR count). The van der Waals surface area contributed by atoms with Gasteiger partial charge < -0.3 is 9.30 Å². The number of methoxy groups -OCH3 is 1. The summed E-state index contributed by atoms with van der Waals surface area (Å²) in [5.74, 6) is 0.398. The molecule has 0 saturated carbocycles. The maximum Gasteiger partial charge on any atom is 0.325 e. The van der Waals surface area contributed by atoms with Crippen LogP contribution in [0, 0.1) is 0 Å². The molecular formula is C15H13N3O2. The van der Waals surface area contributed by atoms with Gasteiger partial charge in [0.05, 0.1) is 12.6 Å². The highest BCUT2D eigenvalue weighted by Crippen LogP contribution is 2.23. The largest absolute Gasteiger partial charge is 0.468 e. The zero-order valence-electron chi connectivity index (χ0n) is 11.0. The smallest absolute Gasteiger partial charge is 0.325 e. The second-order valence-electron chi connectivity index (χ2n) is 4.31. The zero-order chi connectivity index (χ0) is 13.9. The van der Waals surface area contributed by atoms with E-state index in [1.54, 1.807) is 6.20 Å². The molecule has 0 aliphatic rings. The first-order chi connectivity index (χ1) is 9.79. The van der Waals surface area contributed by atoms with E-state index in [1.807, 2.05) is 47.0 Å². The van der Waals surface area contributed by atoms with Crippen molar-refractivity contribution in [1.82, 2.24) is 14.5 Å². The highest BCUT2D eigenvalue weighted by molar-refractivity contribution is 5.80. The predicted octanol–water partition coefficient (Wildman–Crippen LogP) is 2.27. The number of rotatable bonds is 3. The number of hydrogen-bond donors (Lipinski definition) is 0. The molecule has 5 nitrogen and oxygen atoms in total. The Hall–Kier alpha value is -2.69. The summed E-state index contributed by atoms with van der Waals surface area (Å²) in [6, 6.07) is 13.4. The normalized spacial score (nSPS) is 10.7. The van der Waals surface area contributed by atoms with E-state index in [-0.39, 0.29) is 12.5 Å². The molecule has 1 aromatic carbocycles. The average Bonchev–Trinajstić information content (AvgIpc) is 2.87. The van der Waals surface area contributed by atoms with Crippen LogP contribution in [0.2, 0.25) is 0 Å². The molecule has 20 heavy (non-hydrogen) atoms. The van der Waals surface area contributed by atoms with Gasteiger partial charge in [-0.1, -0.05) is 30.3 Å². The summed E-state index contributed by atoms with van der Waals surface area (Å²) in [4.78, 5) is 20.4. The third kappa shape index (κ3) is 2.14. The predicted molar refractivity (Wildman–Crippen MR) is 75.0 cm³/mol. The lowest BCUT2D eigenvalue weighted by atomic mass is 10.2. The van der Waals surface area contributed by atoms with Crippen LogP contribution >= 0.6 is 0 Å². The van der Waals surface area contributed by atoms with Crippen LogP contribution in [0.25, 0.3) is 22.6 Å². The number of hydrogen-bond acceptors (Lipinski definition) is 4. The number of pyridine rings is 1. The second kappa shape index (κ2) is 5.13. The minimum Gasteiger partial charge on any atom is -0.468 e. The summed E-state index contributed by atoms with van der Waals surface area (Å²) in [5, 5.41) is 0. The minimum atomic E-state index is -0.315. The van der Waals surface area contributed by atoms with Crippen molar-refractivity contribution < 1.29 is 9.53 Å². The third-order valence-electron chi connectivity index (χ3n) is 3.07. The van der Waals surface area contributed by atoms with E-state index in [1.165, 1.54) is 7.11 Å². The van der Waals surface area contributed by atoms with Crippen molar-refractivity contribution in [2.45, 2.75) is 6.54 Å². The molecule has 0 spiro atoms. The number of ether oxygens (including phenoxy) is 1. The van der Waals surface area contributed by atoms with Crippen LogP contribution in [0.1, 0.15) is 0 Å². The van der Waals surface area contributed by atoms with Crippen LogP contribution < -0.4 is 0 Å². The number of nitrogens with zero attached hydrogens (tertiary/aromatic N) is 3. The molecule has 0 aliphatic heterocycles. The van der Waals surface area contributed by atoms with Gasteiger partial charge in [0.25, 0.3) is 0 Å². The van der Waals surface area contributed by atoms with E-state index in [9.17, 15) is 4.79 Å². The SMILES string of the molecule is COC(=O)Cn1c(-c2ccccc2)nc2ncccc21. The van der Waals surface area contributed by atoms with Crippen molar-refractivity contribution in [3.05, 3.63) is 48.7 Å². The van der Waals surface area contributed by atoms with Crippen molar-refractivity contribution in [1.29, 1.82) is 0 Å². The summed E-state index contributed by atoms with van der Waals surface area (Å²) in [7, 11) is 1.38. The minimum absolute atomic E-state index is 0.114. The van der Waals surface area contributed by atoms with E-state index < -0.39 is 0 Å². The van der Waals surface area contributed by atoms with Gasteiger partial charge in [0.15, 0.2) is 5.65 Å². The maximum absolute atomic E-state index is 11.6. The van der Waals surface area contributed by atoms with Crippen molar-refractivity contribution >= 4 is 17.1 Å². The van der Waals surface area contributed by atoms with Gasteiger partial charge in [-0.25, -0.2) is 9.97 Å². The number of imidazole rings is 1. The molecule has 3 aromatic rings. The summed E-state index contributed by atoms with van der Waals surface area (Å²) >= 11 is 0. The molecule has 2 heterocycles. The Morgan fingerprint density at radius 2 is 2.00 bits per heavy atom. The molecule has 0 amide bonds. The van der Waals surface area contributed by atoms with Gasteiger partial charge in [-0.3, -0.25) is 4.79 Å². The molecule has 0 radical (unpaired) electrons. The molecule has 0 unspecified atom stereocenters. The van der Waals surface area contributed by atoms with Gasteiger partial charge in [0.1, 0.15) is 12.4 Å². The van der Waals surface area contributed by atoms with Crippen LogP contribution in [0.15, 0.2) is 48.7 Å². The van der Waals surface area contributed by atoms with Gasteiger partial charge in [-0.2, -0.15) is 0 Å². The van der Waals surface area contributed by atoms with Gasteiger partial charge in [0.2, 0.25) is 0 Å². The Bertz CT molecular complexity index is 750. The second-order valence-corrected chi connectivity index (χ2v) is 4.31. The molecule has 0 atom stereocenters. The standard InChI is InChI=1S/C15H13N3O2/c1-20-13(19)10-18-12-8-5-9-16-14(12)17-15(18)11-6-3-2-4-7-11/h2-9H,10H2,1H3. The molecule has 0 fully saturated rings. The topological polar surface area (TPSA) is 57.0 Å². The Balaban J connectivity index is 2.20. The van der Waals surface area contributed by atoms with Crippen LogP contribution in [0.5, 0.6) is 0 Å². The monoisotopic (exact) mass is 267 g/mol. The summed E-state index contributed by atoms with van der Waals surface area (Å²) in [6.45, 7) is 0.114. The lowest BCUT2D eigenvalue weighted by Crippen LogP contribution is -2.12. The molecule has 0 saturated heterocycles. The first kappa shape index (κ1) is 12.3. The molecular weight excluding hydrogens is 254 g/mol. The molecule has 0 bridgehead atoms. The van der Waals surface area contributed by atoms with E-state index in [4.69, 9.17) is 4.74 Å². The summed E-state index contributed by atoms with van der Waals surface area (Å²) in [5.41, 5.74) is 2.38. The summed E-state index contributed by atoms with van der Waals surface area (Å²) in [6.07, 6.45) is 1.69. The van der Waals surface area contributed by atoms with E-state index in [2.05, 4.69) is 9.97 Å². The number of fused-ring (bicyclic) bond motifs is 1. The number of carbonyl (C=O) groups excluding carboxylic acids is 1. The Morgan fingerprint density at radius 1 is 1.20 bits per heavy atom. The molecule has 100 valence electrons. The van der Waals surface area contributed by atoms with Gasteiger partial charge in [-0.05, 0) is 12.1 Å². The third-order valence-corrected chi connectivity index (χ3v) is 3.07. The fourth-order valence-corrected chi connectivity index (χ4v) is 2.12. The number of aromatic nitrogens is 3. The summed E-state index contributed by atoms with van der Waals surface area (Å²) < 4.78 is 6.58. The highest BCUT2D eigenvalue weighted by Gasteiger charge is 2.15. The lowest BCUT2D eigenvalue weighted by molar-refractivity contribution is -0.141. The molecule has 0 N–H and O–H groups in total. The fourth-order valence-electron chi connectivity index (χ4n) is 2.12. The Labute approximate surface area is 115 Å². The first-order valence-corrected chi connectivity index (χ1v) is 6.23.